The number of hydrogen-bond acceptors (Lipinski definition) is 5. The van der Waals surface area contributed by atoms with Gasteiger partial charge in [-0.05, 0) is 79.9 Å². The first kappa shape index (κ1) is 23.7. The van der Waals surface area contributed by atoms with Gasteiger partial charge < -0.3 is 4.90 Å². The molecule has 0 bridgehead atoms. The van der Waals surface area contributed by atoms with Gasteiger partial charge in [0.05, 0.1) is 11.6 Å². The molecule has 1 saturated heterocycles. The lowest BCUT2D eigenvalue weighted by Gasteiger charge is -2.34. The molecule has 0 saturated carbocycles. The van der Waals surface area contributed by atoms with Crippen molar-refractivity contribution in [1.29, 1.82) is 5.26 Å². The minimum atomic E-state index is 0.0856. The van der Waals surface area contributed by atoms with Crippen LogP contribution < -0.4 is 0 Å². The van der Waals surface area contributed by atoms with Crippen LogP contribution in [0, 0.1) is 25.2 Å². The molecule has 0 atom stereocenters. The Morgan fingerprint density at radius 2 is 1.73 bits per heavy atom. The third kappa shape index (κ3) is 6.13. The zero-order chi connectivity index (χ0) is 23.4. The highest BCUT2D eigenvalue weighted by Crippen LogP contribution is 2.39. The van der Waals surface area contributed by atoms with Gasteiger partial charge in [0.15, 0.2) is 0 Å². The van der Waals surface area contributed by atoms with Crippen LogP contribution in [0.4, 0.5) is 0 Å². The van der Waals surface area contributed by atoms with Crippen LogP contribution in [-0.4, -0.2) is 41.3 Å². The quantitative estimate of drug-likeness (QED) is 0.382. The van der Waals surface area contributed by atoms with E-state index in [1.807, 2.05) is 73.3 Å². The molecule has 0 aromatic heterocycles. The molecule has 4 rings (SSSR count). The number of rotatable bonds is 5. The molecule has 3 aromatic carbocycles. The van der Waals surface area contributed by atoms with E-state index in [1.165, 1.54) is 0 Å². The average molecular weight is 494 g/mol. The maximum atomic E-state index is 12.9. The standard InChI is InChI=1S/C26H24ClN3OS2/c1-18-4-3-5-21(12-18)26(31)29-8-10-30(11-9-29)33-25-15-20(17-28)6-7-24(25)32-23-14-19(2)13-22(27)16-23/h3-7,12-16H,8-11H2,1-2H3. The fourth-order valence-electron chi connectivity index (χ4n) is 3.70. The summed E-state index contributed by atoms with van der Waals surface area (Å²) in [7, 11) is 0. The topological polar surface area (TPSA) is 47.3 Å². The van der Waals surface area contributed by atoms with Crippen LogP contribution in [-0.2, 0) is 0 Å². The maximum Gasteiger partial charge on any atom is 0.253 e. The Morgan fingerprint density at radius 1 is 0.939 bits per heavy atom. The van der Waals surface area contributed by atoms with Crippen molar-refractivity contribution in [2.75, 3.05) is 26.2 Å². The Morgan fingerprint density at radius 3 is 2.42 bits per heavy atom. The fourth-order valence-corrected chi connectivity index (χ4v) is 6.24. The number of nitrogens with zero attached hydrogens (tertiary/aromatic N) is 3. The molecule has 3 aromatic rings. The second-order valence-electron chi connectivity index (χ2n) is 8.02. The molecule has 0 radical (unpaired) electrons. The predicted molar refractivity (Wildman–Crippen MR) is 136 cm³/mol. The normalized spacial score (nSPS) is 14.2. The molecule has 7 heteroatoms. The number of carbonyl (C=O) groups excluding carboxylic acids is 1. The summed E-state index contributed by atoms with van der Waals surface area (Å²) >= 11 is 9.55. The second kappa shape index (κ2) is 10.7. The summed E-state index contributed by atoms with van der Waals surface area (Å²) in [4.78, 5) is 18.0. The van der Waals surface area contributed by atoms with Crippen molar-refractivity contribution < 1.29 is 4.79 Å². The monoisotopic (exact) mass is 493 g/mol. The Balaban J connectivity index is 1.45. The molecule has 0 aliphatic carbocycles. The van der Waals surface area contributed by atoms with Gasteiger partial charge >= 0.3 is 0 Å². The summed E-state index contributed by atoms with van der Waals surface area (Å²) in [6, 6.07) is 21.8. The van der Waals surface area contributed by atoms with Gasteiger partial charge in [-0.3, -0.25) is 4.79 Å². The number of carbonyl (C=O) groups is 1. The SMILES string of the molecule is Cc1cc(Cl)cc(Sc2ccc(C#N)cc2SN2CCN(C(=O)c3cccc(C)c3)CC2)c1. The van der Waals surface area contributed by atoms with Gasteiger partial charge in [-0.25, -0.2) is 4.31 Å². The van der Waals surface area contributed by atoms with Crippen LogP contribution in [0.1, 0.15) is 27.0 Å². The van der Waals surface area contributed by atoms with Crippen molar-refractivity contribution in [3.8, 4) is 6.07 Å². The average Bonchev–Trinajstić information content (AvgIpc) is 2.79. The highest BCUT2D eigenvalue weighted by Gasteiger charge is 2.23. The van der Waals surface area contributed by atoms with E-state index >= 15 is 0 Å². The lowest BCUT2D eigenvalue weighted by atomic mass is 10.1. The molecular weight excluding hydrogens is 470 g/mol. The maximum absolute atomic E-state index is 12.9. The summed E-state index contributed by atoms with van der Waals surface area (Å²) in [6.07, 6.45) is 0. The van der Waals surface area contributed by atoms with Crippen molar-refractivity contribution >= 4 is 41.2 Å². The van der Waals surface area contributed by atoms with E-state index in [1.54, 1.807) is 23.7 Å². The molecule has 0 N–H and O–H groups in total. The second-order valence-corrected chi connectivity index (χ2v) is 10.7. The minimum Gasteiger partial charge on any atom is -0.336 e. The first-order chi connectivity index (χ1) is 15.9. The van der Waals surface area contributed by atoms with Crippen molar-refractivity contribution in [2.24, 2.45) is 0 Å². The molecule has 1 aliphatic heterocycles. The van der Waals surface area contributed by atoms with Crippen LogP contribution in [0.15, 0.2) is 75.4 Å². The summed E-state index contributed by atoms with van der Waals surface area (Å²) < 4.78 is 2.27. The molecule has 1 fully saturated rings. The van der Waals surface area contributed by atoms with E-state index in [0.717, 1.165) is 49.5 Å². The number of benzene rings is 3. The van der Waals surface area contributed by atoms with Gasteiger partial charge in [0, 0.05) is 51.5 Å². The molecule has 168 valence electrons. The number of halogens is 1. The van der Waals surface area contributed by atoms with Crippen molar-refractivity contribution in [3.05, 3.63) is 87.9 Å². The highest BCUT2D eigenvalue weighted by atomic mass is 35.5. The third-order valence-electron chi connectivity index (χ3n) is 5.33. The van der Waals surface area contributed by atoms with Crippen LogP contribution in [0.2, 0.25) is 5.02 Å². The fraction of sp³-hybridized carbons (Fsp3) is 0.231. The molecule has 33 heavy (non-hydrogen) atoms. The highest BCUT2D eigenvalue weighted by molar-refractivity contribution is 8.01. The number of hydrogen-bond donors (Lipinski definition) is 0. The van der Waals surface area contributed by atoms with Crippen LogP contribution in [0.5, 0.6) is 0 Å². The molecule has 0 spiro atoms. The van der Waals surface area contributed by atoms with Crippen molar-refractivity contribution in [1.82, 2.24) is 9.21 Å². The Kier molecular flexibility index (Phi) is 7.67. The van der Waals surface area contributed by atoms with E-state index < -0.39 is 0 Å². The Labute approximate surface area is 208 Å². The minimum absolute atomic E-state index is 0.0856. The van der Waals surface area contributed by atoms with Gasteiger partial charge in [0.2, 0.25) is 0 Å². The number of piperazine rings is 1. The number of amides is 1. The van der Waals surface area contributed by atoms with Gasteiger partial charge in [-0.1, -0.05) is 41.1 Å². The zero-order valence-electron chi connectivity index (χ0n) is 18.5. The van der Waals surface area contributed by atoms with Crippen molar-refractivity contribution in [3.63, 3.8) is 0 Å². The number of nitriles is 1. The Bertz CT molecular complexity index is 1200. The van der Waals surface area contributed by atoms with Gasteiger partial charge in [-0.15, -0.1) is 0 Å². The molecule has 1 heterocycles. The number of aryl methyl sites for hydroxylation is 2. The summed E-state index contributed by atoms with van der Waals surface area (Å²) in [5.74, 6) is 0.0856. The molecule has 4 nitrogen and oxygen atoms in total. The van der Waals surface area contributed by atoms with E-state index in [0.29, 0.717) is 18.7 Å². The van der Waals surface area contributed by atoms with Gasteiger partial charge in [0.25, 0.3) is 5.91 Å². The third-order valence-corrected chi connectivity index (χ3v) is 7.89. The molecule has 1 amide bonds. The van der Waals surface area contributed by atoms with E-state index in [9.17, 15) is 10.1 Å². The smallest absolute Gasteiger partial charge is 0.253 e. The Hall–Kier alpha value is -2.43. The molecule has 1 aliphatic rings. The lowest BCUT2D eigenvalue weighted by Crippen LogP contribution is -2.46. The summed E-state index contributed by atoms with van der Waals surface area (Å²) in [5, 5.41) is 10.1. The molecular formula is C26H24ClN3OS2. The molecule has 0 unspecified atom stereocenters. The van der Waals surface area contributed by atoms with Crippen molar-refractivity contribution in [2.45, 2.75) is 28.5 Å². The lowest BCUT2D eigenvalue weighted by molar-refractivity contribution is 0.0703. The van der Waals surface area contributed by atoms with Crippen LogP contribution in [0.25, 0.3) is 0 Å². The largest absolute Gasteiger partial charge is 0.336 e. The van der Waals surface area contributed by atoms with Crippen LogP contribution in [0.3, 0.4) is 0 Å². The summed E-state index contributed by atoms with van der Waals surface area (Å²) in [6.45, 7) is 6.91. The van der Waals surface area contributed by atoms with E-state index in [-0.39, 0.29) is 5.91 Å². The first-order valence-corrected chi connectivity index (χ1v) is 12.7. The van der Waals surface area contributed by atoms with Gasteiger partial charge in [0.1, 0.15) is 0 Å². The zero-order valence-corrected chi connectivity index (χ0v) is 20.9. The van der Waals surface area contributed by atoms with Crippen LogP contribution >= 0.6 is 35.3 Å². The first-order valence-electron chi connectivity index (χ1n) is 10.7. The predicted octanol–water partition coefficient (Wildman–Crippen LogP) is 6.44. The van der Waals surface area contributed by atoms with E-state index in [2.05, 4.69) is 16.4 Å². The summed E-state index contributed by atoms with van der Waals surface area (Å²) in [5.41, 5.74) is 3.58. The van der Waals surface area contributed by atoms with E-state index in [4.69, 9.17) is 11.6 Å². The van der Waals surface area contributed by atoms with Gasteiger partial charge in [-0.2, -0.15) is 5.26 Å².